The Morgan fingerprint density at radius 3 is 0.596 bits per heavy atom. The molecular weight excluding hydrogens is 1530 g/mol. The van der Waals surface area contributed by atoms with Crippen molar-refractivity contribution in [3.63, 3.8) is 0 Å². The number of hydrogen-bond acceptors (Lipinski definition) is 7. The highest BCUT2D eigenvalue weighted by Crippen LogP contribution is 2.61. The molecule has 0 atom stereocenters. The quantitative estimate of drug-likeness (QED) is 0.0967. The number of anilines is 8. The van der Waals surface area contributed by atoms with Crippen LogP contribution >= 0.6 is 31.9 Å². The summed E-state index contributed by atoms with van der Waals surface area (Å²) in [7, 11) is 0. The molecular formula is C105H77Br2N3O4. The standard InChI is InChI=1S/C58H40N2O2.C34H20Br2O2.C12H11N.CH4.H2/c1-9-25-41(26-10-1)49-51-53(59(45-33-17-5-18-34-45)46-35-19-6-20-36-46)58-52(50(42-27-11-2-12-28-42)56(62-58)44-31-15-4-16-32-44)54(57(51)61-55(49)43-29-13-3-14-30-43)60(47-37-21-7-22-38-47)48-39-23-8-24-40-48;35-29-27-25(21-13-5-1-6-14-21)31(23-17-9-3-10-18-23)37-33(27)30(36)28-26(22-15-7-2-8-16-22)32(38-34(28)29)24-19-11-4-12-20-24;1-3-7-11(8-4-1)13-12-9-5-2-6-10-12;;/h1-40H;1-20H;1-10,13H;1H4;1H. The zero-order chi connectivity index (χ0) is 75.8. The molecule has 0 aliphatic carbocycles. The second kappa shape index (κ2) is 33.3. The van der Waals surface area contributed by atoms with Crippen LogP contribution in [0, 0.1) is 0 Å². The number of furan rings is 4. The average molecular weight is 1600 g/mol. The molecule has 0 fully saturated rings. The van der Waals surface area contributed by atoms with Gasteiger partial charge in [0, 0.05) is 90.8 Å². The van der Waals surface area contributed by atoms with Crippen molar-refractivity contribution in [2.75, 3.05) is 15.1 Å². The van der Waals surface area contributed by atoms with Gasteiger partial charge in [0.25, 0.3) is 0 Å². The van der Waals surface area contributed by atoms with Crippen molar-refractivity contribution >= 4 is 121 Å². The minimum absolute atomic E-state index is 0. The van der Waals surface area contributed by atoms with Crippen LogP contribution in [-0.4, -0.2) is 0 Å². The van der Waals surface area contributed by atoms with E-state index in [1.807, 2.05) is 109 Å². The van der Waals surface area contributed by atoms with E-state index in [1.165, 1.54) is 0 Å². The lowest BCUT2D eigenvalue weighted by atomic mass is 9.92. The summed E-state index contributed by atoms with van der Waals surface area (Å²) in [6.45, 7) is 0. The van der Waals surface area contributed by atoms with Gasteiger partial charge in [-0.1, -0.05) is 359 Å². The number of rotatable bonds is 16. The second-order valence-corrected chi connectivity index (χ2v) is 28.8. The van der Waals surface area contributed by atoms with Crippen LogP contribution in [0.15, 0.2) is 451 Å². The average Bonchev–Trinajstić information content (AvgIpc) is 1.55. The first-order valence-electron chi connectivity index (χ1n) is 37.6. The predicted molar refractivity (Wildman–Crippen MR) is 485 cm³/mol. The van der Waals surface area contributed by atoms with Crippen LogP contribution in [0.1, 0.15) is 8.85 Å². The third kappa shape index (κ3) is 14.3. The van der Waals surface area contributed by atoms with Gasteiger partial charge in [0.05, 0.1) is 19.7 Å². The topological polar surface area (TPSA) is 71.1 Å². The van der Waals surface area contributed by atoms with Gasteiger partial charge in [-0.2, -0.15) is 0 Å². The molecule has 0 saturated carbocycles. The van der Waals surface area contributed by atoms with Crippen molar-refractivity contribution in [2.24, 2.45) is 0 Å². The summed E-state index contributed by atoms with van der Waals surface area (Å²) < 4.78 is 30.6. The molecule has 0 radical (unpaired) electrons. The number of fused-ring (bicyclic) bond motifs is 4. The smallest absolute Gasteiger partial charge is 0.162 e. The van der Waals surface area contributed by atoms with Crippen molar-refractivity contribution in [2.45, 2.75) is 7.43 Å². The highest BCUT2D eigenvalue weighted by molar-refractivity contribution is 9.11. The largest absolute Gasteiger partial charge is 0.454 e. The first kappa shape index (κ1) is 72.9. The molecule has 0 aliphatic heterocycles. The number of nitrogens with one attached hydrogen (secondary N) is 1. The van der Waals surface area contributed by atoms with Gasteiger partial charge in [0.2, 0.25) is 0 Å². The lowest BCUT2D eigenvalue weighted by molar-refractivity contribution is 0.626. The molecule has 0 amide bonds. The Bertz CT molecular complexity index is 6110. The van der Waals surface area contributed by atoms with Crippen LogP contribution in [0.4, 0.5) is 45.5 Å². The maximum absolute atomic E-state index is 7.66. The lowest BCUT2D eigenvalue weighted by Gasteiger charge is -2.30. The molecule has 0 saturated heterocycles. The summed E-state index contributed by atoms with van der Waals surface area (Å²) in [5.74, 6) is 3.19. The predicted octanol–water partition coefficient (Wildman–Crippen LogP) is 32.5. The Kier molecular flexibility index (Phi) is 21.3. The van der Waals surface area contributed by atoms with Gasteiger partial charge in [-0.25, -0.2) is 0 Å². The monoisotopic (exact) mass is 1600 g/mol. The van der Waals surface area contributed by atoms with Crippen molar-refractivity contribution in [3.8, 4) is 89.8 Å². The van der Waals surface area contributed by atoms with E-state index >= 15 is 0 Å². The van der Waals surface area contributed by atoms with Crippen LogP contribution < -0.4 is 15.1 Å². The maximum Gasteiger partial charge on any atom is 0.162 e. The minimum atomic E-state index is 0. The molecule has 16 aromatic carbocycles. The van der Waals surface area contributed by atoms with Crippen molar-refractivity contribution < 1.29 is 19.1 Å². The van der Waals surface area contributed by atoms with Gasteiger partial charge in [-0.3, -0.25) is 0 Å². The van der Waals surface area contributed by atoms with Crippen LogP contribution in [0.2, 0.25) is 0 Å². The van der Waals surface area contributed by atoms with Crippen LogP contribution in [0.25, 0.3) is 134 Å². The summed E-state index contributed by atoms with van der Waals surface area (Å²) >= 11 is 7.94. The van der Waals surface area contributed by atoms with E-state index in [-0.39, 0.29) is 8.85 Å². The number of halogens is 2. The van der Waals surface area contributed by atoms with Crippen LogP contribution in [-0.2, 0) is 0 Å². The summed E-state index contributed by atoms with van der Waals surface area (Å²) in [6, 6.07) is 146. The fourth-order valence-electron chi connectivity index (χ4n) is 15.1. The molecule has 20 rings (SSSR count). The molecule has 1 N–H and O–H groups in total. The Morgan fingerprint density at radius 2 is 0.377 bits per heavy atom. The Balaban J connectivity index is 0.000000158. The summed E-state index contributed by atoms with van der Waals surface area (Å²) in [4.78, 5) is 4.68. The zero-order valence-corrected chi connectivity index (χ0v) is 64.4. The highest BCUT2D eigenvalue weighted by atomic mass is 79.9. The van der Waals surface area contributed by atoms with E-state index in [9.17, 15) is 0 Å². The fourth-order valence-corrected chi connectivity index (χ4v) is 16.5. The van der Waals surface area contributed by atoms with Crippen LogP contribution in [0.3, 0.4) is 0 Å². The highest BCUT2D eigenvalue weighted by Gasteiger charge is 2.37. The van der Waals surface area contributed by atoms with Gasteiger partial charge in [-0.15, -0.1) is 0 Å². The Labute approximate surface area is 681 Å². The van der Waals surface area contributed by atoms with E-state index in [0.717, 1.165) is 188 Å². The summed E-state index contributed by atoms with van der Waals surface area (Å²) in [5.41, 5.74) is 23.1. The third-order valence-corrected chi connectivity index (χ3v) is 21.6. The Morgan fingerprint density at radius 1 is 0.202 bits per heavy atom. The number of benzene rings is 16. The van der Waals surface area contributed by atoms with E-state index in [0.29, 0.717) is 0 Å². The second-order valence-electron chi connectivity index (χ2n) is 27.2. The number of hydrogen-bond donors (Lipinski definition) is 1. The SMILES string of the molecule is Brc1c2oc(-c3ccccc3)c(-c3ccccc3)c2c(Br)c2oc(-c3ccccc3)c(-c3ccccc3)c12.C.[HH].c1ccc(-c2oc3c(N(c4ccccc4)c4ccccc4)c4c(-c5ccccc5)c(-c5ccccc5)oc4c(N(c4ccccc4)c4ccccc4)c3c2-c2ccccc2)cc1.c1ccc(Nc2ccccc2)cc1. The molecule has 9 heteroatoms. The number of para-hydroxylation sites is 6. The minimum Gasteiger partial charge on any atom is -0.454 e. The Hall–Kier alpha value is -14.0. The molecule has 0 bridgehead atoms. The molecule has 4 heterocycles. The summed E-state index contributed by atoms with van der Waals surface area (Å²) in [5, 5.41) is 7.10. The van der Waals surface area contributed by atoms with Crippen molar-refractivity contribution in [1.82, 2.24) is 0 Å². The van der Waals surface area contributed by atoms with E-state index in [1.54, 1.807) is 0 Å². The molecule has 114 heavy (non-hydrogen) atoms. The normalized spacial score (nSPS) is 11.0. The van der Waals surface area contributed by atoms with E-state index < -0.39 is 0 Å². The molecule has 0 unspecified atom stereocenters. The molecule has 7 nitrogen and oxygen atoms in total. The fraction of sp³-hybridized carbons (Fsp3) is 0.00952. The zero-order valence-electron chi connectivity index (χ0n) is 61.2. The first-order valence-corrected chi connectivity index (χ1v) is 39.2. The van der Waals surface area contributed by atoms with E-state index in [2.05, 4.69) is 362 Å². The third-order valence-electron chi connectivity index (χ3n) is 20.1. The molecule has 4 aromatic heterocycles. The molecule has 20 aromatic rings. The maximum atomic E-state index is 7.66. The summed E-state index contributed by atoms with van der Waals surface area (Å²) in [6.07, 6.45) is 0. The van der Waals surface area contributed by atoms with E-state index in [4.69, 9.17) is 17.7 Å². The first-order chi connectivity index (χ1) is 56.0. The van der Waals surface area contributed by atoms with Gasteiger partial charge in [-0.05, 0) is 127 Å². The van der Waals surface area contributed by atoms with Crippen LogP contribution in [0.5, 0.6) is 0 Å². The number of nitrogens with zero attached hydrogens (tertiary/aromatic N) is 2. The molecule has 550 valence electrons. The van der Waals surface area contributed by atoms with Gasteiger partial charge < -0.3 is 32.8 Å². The van der Waals surface area contributed by atoms with Gasteiger partial charge in [0.1, 0.15) is 34.4 Å². The molecule has 0 spiro atoms. The van der Waals surface area contributed by atoms with Gasteiger partial charge >= 0.3 is 0 Å². The van der Waals surface area contributed by atoms with Gasteiger partial charge in [0.15, 0.2) is 22.3 Å². The van der Waals surface area contributed by atoms with Crippen molar-refractivity contribution in [1.29, 1.82) is 0 Å². The van der Waals surface area contributed by atoms with Crippen molar-refractivity contribution in [3.05, 3.63) is 434 Å². The molecule has 0 aliphatic rings. The lowest BCUT2D eigenvalue weighted by Crippen LogP contribution is -2.14.